The van der Waals surface area contributed by atoms with Gasteiger partial charge in [0, 0.05) is 5.39 Å². The van der Waals surface area contributed by atoms with E-state index in [-0.39, 0.29) is 12.2 Å². The number of pyridine rings is 1. The molecule has 0 amide bonds. The first-order chi connectivity index (χ1) is 12.7. The smallest absolute Gasteiger partial charge is 0.343 e. The van der Waals surface area contributed by atoms with Crippen molar-refractivity contribution in [2.45, 2.75) is 51.4 Å². The Balaban J connectivity index is 1.76. The second-order valence-corrected chi connectivity index (χ2v) is 7.42. The second kappa shape index (κ2) is 7.14. The number of carbonyl (C=O) groups excluding carboxylic acids is 1. The van der Waals surface area contributed by atoms with Gasteiger partial charge in [0.25, 0.3) is 5.56 Å². The highest BCUT2D eigenvalue weighted by Gasteiger charge is 2.26. The minimum Gasteiger partial charge on any atom is -0.491 e. The zero-order valence-corrected chi connectivity index (χ0v) is 15.2. The summed E-state index contributed by atoms with van der Waals surface area (Å²) >= 11 is 0. The number of fused-ring (bicyclic) bond motifs is 1. The molecule has 2 aliphatic rings. The van der Waals surface area contributed by atoms with Crippen LogP contribution >= 0.6 is 0 Å². The number of aromatic nitrogens is 1. The van der Waals surface area contributed by atoms with E-state index in [0.717, 1.165) is 24.0 Å². The van der Waals surface area contributed by atoms with Crippen molar-refractivity contribution in [2.75, 3.05) is 13.2 Å². The van der Waals surface area contributed by atoms with Crippen molar-refractivity contribution in [3.05, 3.63) is 39.7 Å². The topological polar surface area (TPSA) is 68.4 Å². The number of benzene rings is 1. The molecule has 2 saturated carbocycles. The van der Waals surface area contributed by atoms with Gasteiger partial charge in [0.05, 0.1) is 18.7 Å². The Labute approximate surface area is 152 Å². The number of ether oxygens (including phenoxy) is 2. The van der Waals surface area contributed by atoms with E-state index in [2.05, 4.69) is 11.1 Å². The molecule has 0 bridgehead atoms. The molecule has 4 rings (SSSR count). The molecule has 0 atom stereocenters. The van der Waals surface area contributed by atoms with Gasteiger partial charge < -0.3 is 14.5 Å². The number of hydrogen-bond acceptors (Lipinski definition) is 4. The number of nitrogens with one attached hydrogen (secondary N) is 1. The molecule has 1 aromatic carbocycles. The molecule has 2 aromatic rings. The number of aromatic amines is 1. The molecule has 0 radical (unpaired) electrons. The van der Waals surface area contributed by atoms with Gasteiger partial charge >= 0.3 is 5.97 Å². The van der Waals surface area contributed by atoms with Crippen molar-refractivity contribution in [1.29, 1.82) is 0 Å². The van der Waals surface area contributed by atoms with Crippen molar-refractivity contribution >= 4 is 16.9 Å². The normalized spacial score (nSPS) is 17.6. The van der Waals surface area contributed by atoms with Crippen LogP contribution in [-0.4, -0.2) is 24.2 Å². The fourth-order valence-corrected chi connectivity index (χ4v) is 3.68. The van der Waals surface area contributed by atoms with Gasteiger partial charge in [-0.05, 0) is 56.1 Å². The largest absolute Gasteiger partial charge is 0.491 e. The summed E-state index contributed by atoms with van der Waals surface area (Å²) in [4.78, 5) is 27.4. The molecule has 1 N–H and O–H groups in total. The maximum atomic E-state index is 12.5. The van der Waals surface area contributed by atoms with Gasteiger partial charge in [-0.1, -0.05) is 25.0 Å². The summed E-state index contributed by atoms with van der Waals surface area (Å²) in [5.41, 5.74) is 1.50. The van der Waals surface area contributed by atoms with Gasteiger partial charge in [-0.2, -0.15) is 0 Å². The van der Waals surface area contributed by atoms with Gasteiger partial charge in [0.2, 0.25) is 0 Å². The predicted octanol–water partition coefficient (Wildman–Crippen LogP) is 4.15. The van der Waals surface area contributed by atoms with Crippen LogP contribution < -0.4 is 10.3 Å². The van der Waals surface area contributed by atoms with Crippen LogP contribution in [0.2, 0.25) is 0 Å². The third-order valence-electron chi connectivity index (χ3n) is 5.73. The van der Waals surface area contributed by atoms with E-state index in [4.69, 9.17) is 9.47 Å². The van der Waals surface area contributed by atoms with E-state index < -0.39 is 11.5 Å². The van der Waals surface area contributed by atoms with Crippen LogP contribution in [0.3, 0.4) is 0 Å². The van der Waals surface area contributed by atoms with E-state index in [1.165, 1.54) is 31.2 Å². The van der Waals surface area contributed by atoms with Crippen LogP contribution in [0.5, 0.6) is 5.75 Å². The Morgan fingerprint density at radius 2 is 1.96 bits per heavy atom. The molecule has 26 heavy (non-hydrogen) atoms. The first-order valence-electron chi connectivity index (χ1n) is 9.67. The minimum absolute atomic E-state index is 0.0423. The Kier molecular flexibility index (Phi) is 4.70. The van der Waals surface area contributed by atoms with E-state index in [1.807, 2.05) is 6.07 Å². The molecule has 138 valence electrons. The quantitative estimate of drug-likeness (QED) is 0.790. The Bertz CT molecular complexity index is 877. The molecular weight excluding hydrogens is 330 g/mol. The highest BCUT2D eigenvalue weighted by atomic mass is 16.5. The minimum atomic E-state index is -0.587. The second-order valence-electron chi connectivity index (χ2n) is 7.42. The van der Waals surface area contributed by atoms with Crippen LogP contribution in [0.4, 0.5) is 0 Å². The summed E-state index contributed by atoms with van der Waals surface area (Å²) in [5.74, 6) is 1.33. The van der Waals surface area contributed by atoms with Gasteiger partial charge in [0.15, 0.2) is 0 Å². The molecule has 0 unspecified atom stereocenters. The number of esters is 1. The van der Waals surface area contributed by atoms with Crippen LogP contribution in [0.1, 0.15) is 67.3 Å². The van der Waals surface area contributed by atoms with Crippen molar-refractivity contribution in [1.82, 2.24) is 4.98 Å². The van der Waals surface area contributed by atoms with E-state index in [9.17, 15) is 9.59 Å². The van der Waals surface area contributed by atoms with E-state index in [0.29, 0.717) is 24.0 Å². The fourth-order valence-electron chi connectivity index (χ4n) is 3.68. The third kappa shape index (κ3) is 3.11. The average molecular weight is 355 g/mol. The predicted molar refractivity (Wildman–Crippen MR) is 100.0 cm³/mol. The maximum Gasteiger partial charge on any atom is 0.343 e. The lowest BCUT2D eigenvalue weighted by molar-refractivity contribution is 0.0524. The molecule has 5 nitrogen and oxygen atoms in total. The highest BCUT2D eigenvalue weighted by molar-refractivity contribution is 5.95. The summed E-state index contributed by atoms with van der Waals surface area (Å²) in [6.07, 6.45) is 7.27. The van der Waals surface area contributed by atoms with Gasteiger partial charge in [0.1, 0.15) is 11.3 Å². The SMILES string of the molecule is CCOC(=O)c1cc2ccc(C3CCC3)c(OCC3CCC3)c2[nH]c1=O. The van der Waals surface area contributed by atoms with Crippen molar-refractivity contribution < 1.29 is 14.3 Å². The summed E-state index contributed by atoms with van der Waals surface area (Å²) < 4.78 is 11.2. The maximum absolute atomic E-state index is 12.5. The van der Waals surface area contributed by atoms with Crippen LogP contribution in [-0.2, 0) is 4.74 Å². The molecule has 2 aliphatic carbocycles. The number of hydrogen-bond donors (Lipinski definition) is 1. The number of rotatable bonds is 6. The molecule has 1 aromatic heterocycles. The first kappa shape index (κ1) is 17.1. The van der Waals surface area contributed by atoms with Crippen molar-refractivity contribution in [3.63, 3.8) is 0 Å². The van der Waals surface area contributed by atoms with Crippen molar-refractivity contribution in [3.8, 4) is 5.75 Å². The zero-order chi connectivity index (χ0) is 18.1. The monoisotopic (exact) mass is 355 g/mol. The Hall–Kier alpha value is -2.30. The van der Waals surface area contributed by atoms with Crippen LogP contribution in [0.25, 0.3) is 10.9 Å². The number of carbonyl (C=O) groups is 1. The fraction of sp³-hybridized carbons (Fsp3) is 0.524. The molecule has 2 fully saturated rings. The van der Waals surface area contributed by atoms with Crippen molar-refractivity contribution in [2.24, 2.45) is 5.92 Å². The third-order valence-corrected chi connectivity index (χ3v) is 5.73. The summed E-state index contributed by atoms with van der Waals surface area (Å²) in [5, 5.41) is 0.805. The van der Waals surface area contributed by atoms with Gasteiger partial charge in [-0.25, -0.2) is 4.79 Å². The Morgan fingerprint density at radius 1 is 1.19 bits per heavy atom. The zero-order valence-electron chi connectivity index (χ0n) is 15.2. The summed E-state index contributed by atoms with van der Waals surface area (Å²) in [6, 6.07) is 5.68. The van der Waals surface area contributed by atoms with Crippen LogP contribution in [0, 0.1) is 5.92 Å². The van der Waals surface area contributed by atoms with Crippen LogP contribution in [0.15, 0.2) is 23.0 Å². The summed E-state index contributed by atoms with van der Waals surface area (Å²) in [6.45, 7) is 2.66. The molecule has 0 saturated heterocycles. The Morgan fingerprint density at radius 3 is 2.58 bits per heavy atom. The van der Waals surface area contributed by atoms with E-state index in [1.54, 1.807) is 13.0 Å². The average Bonchev–Trinajstić information content (AvgIpc) is 2.53. The lowest BCUT2D eigenvalue weighted by Gasteiger charge is -2.30. The summed E-state index contributed by atoms with van der Waals surface area (Å²) in [7, 11) is 0. The lowest BCUT2D eigenvalue weighted by atomic mass is 9.79. The standard InChI is InChI=1S/C21H25NO4/c1-2-25-21(24)17-11-15-9-10-16(14-7-4-8-14)19(18(15)22-20(17)23)26-12-13-5-3-6-13/h9-11,13-14H,2-8,12H2,1H3,(H,22,23). The van der Waals surface area contributed by atoms with Gasteiger partial charge in [-0.15, -0.1) is 0 Å². The van der Waals surface area contributed by atoms with E-state index >= 15 is 0 Å². The molecule has 5 heteroatoms. The molecule has 0 spiro atoms. The van der Waals surface area contributed by atoms with Gasteiger partial charge in [-0.3, -0.25) is 4.79 Å². The highest BCUT2D eigenvalue weighted by Crippen LogP contribution is 2.43. The molecule has 0 aliphatic heterocycles. The molecular formula is C21H25NO4. The number of H-pyrrole nitrogens is 1. The molecule has 1 heterocycles. The first-order valence-corrected chi connectivity index (χ1v) is 9.67. The lowest BCUT2D eigenvalue weighted by Crippen LogP contribution is -2.22.